The summed E-state index contributed by atoms with van der Waals surface area (Å²) in [5.74, 6) is 1.14. The molecule has 5 heteroatoms. The highest BCUT2D eigenvalue weighted by Crippen LogP contribution is 2.26. The molecule has 0 spiro atoms. The molecule has 1 N–H and O–H groups in total. The molecule has 0 fully saturated rings. The summed E-state index contributed by atoms with van der Waals surface area (Å²) < 4.78 is 18.5. The normalized spacial score (nSPS) is 12.8. The lowest BCUT2D eigenvalue weighted by Crippen LogP contribution is -2.14. The van der Waals surface area contributed by atoms with Crippen LogP contribution >= 0.6 is 11.8 Å². The maximum atomic E-state index is 13.3. The van der Waals surface area contributed by atoms with Crippen LogP contribution in [0.3, 0.4) is 0 Å². The van der Waals surface area contributed by atoms with E-state index in [0.717, 1.165) is 24.1 Å². The number of hydrogen-bond acceptors (Lipinski definition) is 3. The van der Waals surface area contributed by atoms with E-state index < -0.39 is 0 Å². The van der Waals surface area contributed by atoms with Crippen molar-refractivity contribution >= 4 is 23.4 Å². The van der Waals surface area contributed by atoms with Crippen molar-refractivity contribution in [2.75, 3.05) is 18.2 Å². The second-order valence-corrected chi connectivity index (χ2v) is 6.82. The molecule has 0 aliphatic heterocycles. The highest BCUT2D eigenvalue weighted by molar-refractivity contribution is 7.99. The van der Waals surface area contributed by atoms with Crippen molar-refractivity contribution in [3.8, 4) is 5.75 Å². The number of nitrogens with one attached hydrogen (secondary N) is 1. The number of halogens is 1. The summed E-state index contributed by atoms with van der Waals surface area (Å²) in [5.41, 5.74) is 4.34. The van der Waals surface area contributed by atoms with Crippen LogP contribution < -0.4 is 10.1 Å². The molecule has 2 aromatic rings. The average Bonchev–Trinajstić information content (AvgIpc) is 3.03. The number of carbonyl (C=O) groups excluding carboxylic acids is 1. The lowest BCUT2D eigenvalue weighted by Gasteiger charge is -2.09. The maximum Gasteiger partial charge on any atom is 0.234 e. The predicted octanol–water partition coefficient (Wildman–Crippen LogP) is 4.19. The quantitative estimate of drug-likeness (QED) is 0.853. The van der Waals surface area contributed by atoms with Crippen molar-refractivity contribution in [2.24, 2.45) is 0 Å². The largest absolute Gasteiger partial charge is 0.496 e. The summed E-state index contributed by atoms with van der Waals surface area (Å²) in [4.78, 5) is 12.1. The molecule has 126 valence electrons. The van der Waals surface area contributed by atoms with E-state index in [-0.39, 0.29) is 11.7 Å². The Labute approximate surface area is 145 Å². The van der Waals surface area contributed by atoms with Crippen LogP contribution in [0.15, 0.2) is 36.4 Å². The Bertz CT molecular complexity index is 748. The van der Waals surface area contributed by atoms with Gasteiger partial charge in [0.15, 0.2) is 0 Å². The van der Waals surface area contributed by atoms with Crippen LogP contribution in [0.5, 0.6) is 5.75 Å². The van der Waals surface area contributed by atoms with Crippen LogP contribution in [0.25, 0.3) is 0 Å². The summed E-state index contributed by atoms with van der Waals surface area (Å²) in [5, 5.41) is 2.93. The Kier molecular flexibility index (Phi) is 5.41. The predicted molar refractivity (Wildman–Crippen MR) is 96.2 cm³/mol. The summed E-state index contributed by atoms with van der Waals surface area (Å²) in [6.07, 6.45) is 3.42. The number of methoxy groups -OCH3 is 1. The standard InChI is InChI=1S/C19H20FNO2S/c1-23-18-8-6-16(20)9-15(18)11-24-12-19(22)21-17-7-5-13-3-2-4-14(13)10-17/h5-10H,2-4,11-12H2,1H3,(H,21,22). The first kappa shape index (κ1) is 16.8. The Morgan fingerprint density at radius 3 is 2.88 bits per heavy atom. The Morgan fingerprint density at radius 1 is 1.21 bits per heavy atom. The molecule has 1 amide bonds. The monoisotopic (exact) mass is 345 g/mol. The third kappa shape index (κ3) is 4.09. The Hall–Kier alpha value is -2.01. The number of hydrogen-bond donors (Lipinski definition) is 1. The third-order valence-electron chi connectivity index (χ3n) is 4.12. The molecule has 0 saturated heterocycles. The first-order valence-electron chi connectivity index (χ1n) is 7.97. The van der Waals surface area contributed by atoms with E-state index in [2.05, 4.69) is 17.4 Å². The molecule has 0 radical (unpaired) electrons. The SMILES string of the molecule is COc1ccc(F)cc1CSCC(=O)Nc1ccc2c(c1)CCC2. The number of fused-ring (bicyclic) bond motifs is 1. The van der Waals surface area contributed by atoms with E-state index >= 15 is 0 Å². The number of ether oxygens (including phenoxy) is 1. The summed E-state index contributed by atoms with van der Waals surface area (Å²) in [6.45, 7) is 0. The van der Waals surface area contributed by atoms with Gasteiger partial charge >= 0.3 is 0 Å². The van der Waals surface area contributed by atoms with Gasteiger partial charge in [-0.1, -0.05) is 6.07 Å². The van der Waals surface area contributed by atoms with Crippen molar-refractivity contribution in [1.82, 2.24) is 0 Å². The fourth-order valence-corrected chi connectivity index (χ4v) is 3.77. The first-order chi connectivity index (χ1) is 11.7. The maximum absolute atomic E-state index is 13.3. The number of carbonyl (C=O) groups is 1. The van der Waals surface area contributed by atoms with Crippen LogP contribution in [0.4, 0.5) is 10.1 Å². The molecule has 0 atom stereocenters. The molecule has 1 aliphatic carbocycles. The molecule has 1 aliphatic rings. The molecule has 0 saturated carbocycles. The van der Waals surface area contributed by atoms with Gasteiger partial charge in [0.05, 0.1) is 12.9 Å². The van der Waals surface area contributed by atoms with Gasteiger partial charge in [-0.2, -0.15) is 0 Å². The third-order valence-corrected chi connectivity index (χ3v) is 5.10. The molecule has 24 heavy (non-hydrogen) atoms. The van der Waals surface area contributed by atoms with Crippen LogP contribution in [0.2, 0.25) is 0 Å². The zero-order chi connectivity index (χ0) is 16.9. The number of thioether (sulfide) groups is 1. The number of amides is 1. The lowest BCUT2D eigenvalue weighted by molar-refractivity contribution is -0.113. The highest BCUT2D eigenvalue weighted by Gasteiger charge is 2.12. The lowest BCUT2D eigenvalue weighted by atomic mass is 10.1. The van der Waals surface area contributed by atoms with Gasteiger partial charge < -0.3 is 10.1 Å². The second-order valence-electron chi connectivity index (χ2n) is 5.83. The van der Waals surface area contributed by atoms with Gasteiger partial charge in [0.2, 0.25) is 5.91 Å². The van der Waals surface area contributed by atoms with Crippen LogP contribution in [-0.4, -0.2) is 18.8 Å². The Morgan fingerprint density at radius 2 is 2.04 bits per heavy atom. The fourth-order valence-electron chi connectivity index (χ4n) is 2.96. The van der Waals surface area contributed by atoms with Crippen LogP contribution in [0.1, 0.15) is 23.1 Å². The van der Waals surface area contributed by atoms with E-state index in [1.165, 1.54) is 41.4 Å². The molecule has 0 bridgehead atoms. The van der Waals surface area contributed by atoms with E-state index in [1.54, 1.807) is 13.2 Å². The van der Waals surface area contributed by atoms with Crippen molar-refractivity contribution in [2.45, 2.75) is 25.0 Å². The molecular formula is C19H20FNO2S. The van der Waals surface area contributed by atoms with E-state index in [9.17, 15) is 9.18 Å². The number of anilines is 1. The number of benzene rings is 2. The molecular weight excluding hydrogens is 325 g/mol. The van der Waals surface area contributed by atoms with Gasteiger partial charge in [0.1, 0.15) is 11.6 Å². The molecule has 3 nitrogen and oxygen atoms in total. The summed E-state index contributed by atoms with van der Waals surface area (Å²) in [7, 11) is 1.56. The molecule has 2 aromatic carbocycles. The number of rotatable bonds is 6. The minimum absolute atomic E-state index is 0.0479. The summed E-state index contributed by atoms with van der Waals surface area (Å²) >= 11 is 1.44. The second kappa shape index (κ2) is 7.71. The van der Waals surface area contributed by atoms with Crippen molar-refractivity contribution < 1.29 is 13.9 Å². The van der Waals surface area contributed by atoms with Gasteiger partial charge in [-0.3, -0.25) is 4.79 Å². The van der Waals surface area contributed by atoms with Gasteiger partial charge in [-0.25, -0.2) is 4.39 Å². The van der Waals surface area contributed by atoms with Gasteiger partial charge in [-0.15, -0.1) is 11.8 Å². The highest BCUT2D eigenvalue weighted by atomic mass is 32.2. The van der Waals surface area contributed by atoms with E-state index in [4.69, 9.17) is 4.74 Å². The number of aryl methyl sites for hydroxylation is 2. The van der Waals surface area contributed by atoms with Crippen LogP contribution in [-0.2, 0) is 23.4 Å². The molecule has 0 aromatic heterocycles. The van der Waals surface area contributed by atoms with E-state index in [1.807, 2.05) is 6.07 Å². The van der Waals surface area contributed by atoms with E-state index in [0.29, 0.717) is 17.3 Å². The zero-order valence-corrected chi connectivity index (χ0v) is 14.4. The summed E-state index contributed by atoms with van der Waals surface area (Å²) in [6, 6.07) is 10.6. The van der Waals surface area contributed by atoms with Crippen molar-refractivity contribution in [3.63, 3.8) is 0 Å². The zero-order valence-electron chi connectivity index (χ0n) is 13.6. The first-order valence-corrected chi connectivity index (χ1v) is 9.13. The molecule has 0 heterocycles. The minimum atomic E-state index is -0.297. The average molecular weight is 345 g/mol. The fraction of sp³-hybridized carbons (Fsp3) is 0.316. The van der Waals surface area contributed by atoms with Gasteiger partial charge in [0, 0.05) is 17.0 Å². The Balaban J connectivity index is 1.52. The smallest absolute Gasteiger partial charge is 0.234 e. The molecule has 3 rings (SSSR count). The van der Waals surface area contributed by atoms with Gasteiger partial charge in [-0.05, 0) is 60.7 Å². The van der Waals surface area contributed by atoms with Crippen molar-refractivity contribution in [1.29, 1.82) is 0 Å². The van der Waals surface area contributed by atoms with Gasteiger partial charge in [0.25, 0.3) is 0 Å². The van der Waals surface area contributed by atoms with Crippen LogP contribution in [0, 0.1) is 5.82 Å². The topological polar surface area (TPSA) is 38.3 Å². The molecule has 0 unspecified atom stereocenters. The van der Waals surface area contributed by atoms with Crippen molar-refractivity contribution in [3.05, 3.63) is 58.9 Å². The minimum Gasteiger partial charge on any atom is -0.496 e.